The van der Waals surface area contributed by atoms with Gasteiger partial charge in [0.2, 0.25) is 0 Å². The van der Waals surface area contributed by atoms with Gasteiger partial charge in [-0.3, -0.25) is 0 Å². The summed E-state index contributed by atoms with van der Waals surface area (Å²) >= 11 is 0. The molecule has 4 aromatic carbocycles. The summed E-state index contributed by atoms with van der Waals surface area (Å²) < 4.78 is 0. The van der Waals surface area contributed by atoms with E-state index in [2.05, 4.69) is 147 Å². The van der Waals surface area contributed by atoms with Gasteiger partial charge < -0.3 is 0 Å². The van der Waals surface area contributed by atoms with Gasteiger partial charge in [0.15, 0.2) is 0 Å². The van der Waals surface area contributed by atoms with Crippen molar-refractivity contribution in [1.82, 2.24) is 0 Å². The van der Waals surface area contributed by atoms with Crippen molar-refractivity contribution >= 4 is 18.0 Å². The first kappa shape index (κ1) is 28.9. The van der Waals surface area contributed by atoms with E-state index >= 15 is 0 Å². The van der Waals surface area contributed by atoms with Crippen molar-refractivity contribution in [3.8, 4) is 33.4 Å². The molecule has 1 atom stereocenters. The monoisotopic (exact) mass is 555 g/mol. The molecule has 0 radical (unpaired) electrons. The second-order valence-corrected chi connectivity index (χ2v) is 16.3. The van der Waals surface area contributed by atoms with Crippen molar-refractivity contribution < 1.29 is 0 Å². The van der Waals surface area contributed by atoms with E-state index in [1.165, 1.54) is 54.5 Å². The first-order valence-electron chi connectivity index (χ1n) is 14.6. The van der Waals surface area contributed by atoms with Gasteiger partial charge in [-0.05, 0) is 61.6 Å². The number of hydrogen-bond acceptors (Lipinski definition) is 1. The fourth-order valence-electron chi connectivity index (χ4n) is 5.80. The first-order chi connectivity index (χ1) is 19.2. The second kappa shape index (κ2) is 10.4. The predicted molar refractivity (Wildman–Crippen MR) is 180 cm³/mol. The average molecular weight is 556 g/mol. The Labute approximate surface area is 247 Å². The molecule has 1 nitrogen and oxygen atoms in total. The fourth-order valence-corrected chi connectivity index (χ4v) is 9.33. The zero-order valence-corrected chi connectivity index (χ0v) is 26.9. The van der Waals surface area contributed by atoms with Gasteiger partial charge in [0.05, 0.1) is 11.6 Å². The largest absolute Gasteiger partial charge is 0.192 e. The highest BCUT2D eigenvalue weighted by Crippen LogP contribution is 2.64. The minimum absolute atomic E-state index is 0.0349. The Morgan fingerprint density at radius 2 is 1.12 bits per heavy atom. The van der Waals surface area contributed by atoms with Crippen LogP contribution in [0.3, 0.4) is 0 Å². The Bertz CT molecular complexity index is 1720. The molecule has 5 rings (SSSR count). The summed E-state index contributed by atoms with van der Waals surface area (Å²) in [5, 5.41) is 15.1. The Kier molecular flexibility index (Phi) is 7.30. The van der Waals surface area contributed by atoms with Crippen LogP contribution < -0.4 is 0 Å². The van der Waals surface area contributed by atoms with Crippen LogP contribution in [0.4, 0.5) is 0 Å². The highest BCUT2D eigenvalue weighted by Gasteiger charge is 2.33. The standard InChI is InChI=1S/C39H42NP/c1-37(2,3)29-23-31(38(4,5)6)36(32(24-29)39(7,8)9)41-33-18-14-13-17-30(33)34(27-21-19-26(25-40)20-22-27)35(41)28-15-11-10-12-16-28/h10-24H,1-9H3. The summed E-state index contributed by atoms with van der Waals surface area (Å²) in [5.41, 5.74) is 8.70. The number of hydrogen-bond donors (Lipinski definition) is 0. The summed E-state index contributed by atoms with van der Waals surface area (Å²) in [4.78, 5) is 0. The maximum atomic E-state index is 9.51. The molecule has 41 heavy (non-hydrogen) atoms. The van der Waals surface area contributed by atoms with E-state index in [1.54, 1.807) is 0 Å². The maximum absolute atomic E-state index is 9.51. The van der Waals surface area contributed by atoms with E-state index in [9.17, 15) is 5.26 Å². The third-order valence-electron chi connectivity index (χ3n) is 8.04. The van der Waals surface area contributed by atoms with Gasteiger partial charge in [-0.1, -0.05) is 149 Å². The molecule has 0 spiro atoms. The molecule has 0 aliphatic heterocycles. The van der Waals surface area contributed by atoms with Crippen molar-refractivity contribution in [3.63, 3.8) is 0 Å². The van der Waals surface area contributed by atoms with Gasteiger partial charge in [-0.2, -0.15) is 5.26 Å². The lowest BCUT2D eigenvalue weighted by Crippen LogP contribution is -2.22. The molecule has 0 saturated heterocycles. The summed E-state index contributed by atoms with van der Waals surface area (Å²) in [6.45, 7) is 21.2. The summed E-state index contributed by atoms with van der Waals surface area (Å²) in [7, 11) is -0.874. The van der Waals surface area contributed by atoms with Crippen LogP contribution in [0.2, 0.25) is 0 Å². The number of benzene rings is 4. The molecule has 0 bridgehead atoms. The fraction of sp³-hybridized carbons (Fsp3) is 0.308. The molecule has 0 fully saturated rings. The molecular weight excluding hydrogens is 513 g/mol. The third-order valence-corrected chi connectivity index (χ3v) is 10.8. The van der Waals surface area contributed by atoms with E-state index < -0.39 is 7.53 Å². The number of nitrogens with zero attached hydrogens (tertiary/aromatic N) is 1. The smallest absolute Gasteiger partial charge is 0.0991 e. The highest BCUT2D eigenvalue weighted by atomic mass is 31.1. The van der Waals surface area contributed by atoms with E-state index in [0.29, 0.717) is 5.56 Å². The number of rotatable bonds is 3. The van der Waals surface area contributed by atoms with E-state index in [1.807, 2.05) is 12.1 Å². The Morgan fingerprint density at radius 3 is 1.63 bits per heavy atom. The van der Waals surface area contributed by atoms with Crippen LogP contribution >= 0.6 is 7.53 Å². The van der Waals surface area contributed by atoms with E-state index in [-0.39, 0.29) is 16.2 Å². The predicted octanol–water partition coefficient (Wildman–Crippen LogP) is 11.9. The Balaban J connectivity index is 2.05. The molecule has 0 N–H and O–H groups in total. The quantitative estimate of drug-likeness (QED) is 0.217. The molecule has 1 heterocycles. The zero-order valence-electron chi connectivity index (χ0n) is 26.1. The van der Waals surface area contributed by atoms with E-state index in [4.69, 9.17) is 0 Å². The normalized spacial score (nSPS) is 12.9. The van der Waals surface area contributed by atoms with Crippen molar-refractivity contribution in [2.24, 2.45) is 0 Å². The van der Waals surface area contributed by atoms with Gasteiger partial charge in [0, 0.05) is 21.3 Å². The van der Waals surface area contributed by atoms with Crippen LogP contribution in [-0.4, -0.2) is 0 Å². The van der Waals surface area contributed by atoms with Gasteiger partial charge >= 0.3 is 0 Å². The van der Waals surface area contributed by atoms with Gasteiger partial charge in [-0.15, -0.1) is 0 Å². The van der Waals surface area contributed by atoms with Crippen molar-refractivity contribution in [3.05, 3.63) is 113 Å². The first-order valence-corrected chi connectivity index (χ1v) is 16.0. The van der Waals surface area contributed by atoms with Crippen LogP contribution in [0.5, 0.6) is 0 Å². The molecule has 208 valence electrons. The van der Waals surface area contributed by atoms with Crippen LogP contribution in [-0.2, 0) is 16.2 Å². The molecule has 0 amide bonds. The van der Waals surface area contributed by atoms with Gasteiger partial charge in [0.25, 0.3) is 0 Å². The summed E-state index contributed by atoms with van der Waals surface area (Å²) in [6, 6.07) is 35.5. The molecule has 5 aromatic rings. The van der Waals surface area contributed by atoms with Crippen LogP contribution in [0.1, 0.15) is 84.6 Å². The van der Waals surface area contributed by atoms with Crippen molar-refractivity contribution in [2.75, 3.05) is 0 Å². The number of nitriles is 1. The van der Waals surface area contributed by atoms with Crippen LogP contribution in [0.25, 0.3) is 37.8 Å². The van der Waals surface area contributed by atoms with Crippen molar-refractivity contribution in [1.29, 1.82) is 5.26 Å². The Hall–Kier alpha value is -3.59. The average Bonchev–Trinajstić information content (AvgIpc) is 3.26. The molecule has 0 aliphatic rings. The highest BCUT2D eigenvalue weighted by molar-refractivity contribution is 7.66. The van der Waals surface area contributed by atoms with Crippen LogP contribution in [0.15, 0.2) is 91.0 Å². The second-order valence-electron chi connectivity index (χ2n) is 14.3. The summed E-state index contributed by atoms with van der Waals surface area (Å²) in [5.74, 6) is 0. The lowest BCUT2D eigenvalue weighted by Gasteiger charge is -2.34. The SMILES string of the molecule is CC(C)(C)c1cc(C(C)(C)C)c(-p2c(-c3ccccc3)c(-c3ccc(C#N)cc3)c3ccccc32)c(C(C)(C)C)c1. The lowest BCUT2D eigenvalue weighted by atomic mass is 9.75. The van der Waals surface area contributed by atoms with Gasteiger partial charge in [0.1, 0.15) is 0 Å². The minimum Gasteiger partial charge on any atom is -0.192 e. The lowest BCUT2D eigenvalue weighted by molar-refractivity contribution is 0.552. The van der Waals surface area contributed by atoms with E-state index in [0.717, 1.165) is 0 Å². The third kappa shape index (κ3) is 5.39. The zero-order chi connectivity index (χ0) is 29.7. The maximum Gasteiger partial charge on any atom is 0.0991 e. The molecular formula is C39H42NP. The van der Waals surface area contributed by atoms with Gasteiger partial charge in [-0.25, -0.2) is 0 Å². The topological polar surface area (TPSA) is 23.8 Å². The molecule has 2 heteroatoms. The Morgan fingerprint density at radius 1 is 0.585 bits per heavy atom. The summed E-state index contributed by atoms with van der Waals surface area (Å²) in [6.07, 6.45) is 0. The van der Waals surface area contributed by atoms with Crippen LogP contribution in [0, 0.1) is 11.3 Å². The minimum atomic E-state index is -0.874. The molecule has 1 aromatic heterocycles. The number of fused-ring (bicyclic) bond motifs is 1. The molecule has 1 unspecified atom stereocenters. The molecule has 0 aliphatic carbocycles. The van der Waals surface area contributed by atoms with Crippen molar-refractivity contribution in [2.45, 2.75) is 78.6 Å². The molecule has 0 saturated carbocycles.